The number of rotatable bonds is 6. The van der Waals surface area contributed by atoms with Crippen LogP contribution in [0.4, 0.5) is 5.69 Å². The lowest BCUT2D eigenvalue weighted by molar-refractivity contribution is -0.132. The van der Waals surface area contributed by atoms with E-state index < -0.39 is 5.97 Å². The van der Waals surface area contributed by atoms with E-state index in [4.69, 9.17) is 9.47 Å². The Balaban J connectivity index is 1.49. The van der Waals surface area contributed by atoms with Crippen LogP contribution >= 0.6 is 0 Å². The summed E-state index contributed by atoms with van der Waals surface area (Å²) >= 11 is 0. The summed E-state index contributed by atoms with van der Waals surface area (Å²) in [6, 6.07) is 11.6. The molecule has 1 fully saturated rings. The number of hydrogen-bond acceptors (Lipinski definition) is 5. The molecule has 2 aromatic heterocycles. The first-order chi connectivity index (χ1) is 15.4. The van der Waals surface area contributed by atoms with Gasteiger partial charge < -0.3 is 28.4 Å². The van der Waals surface area contributed by atoms with Crippen LogP contribution in [0.5, 0.6) is 5.75 Å². The maximum absolute atomic E-state index is 13.2. The number of benzene rings is 1. The van der Waals surface area contributed by atoms with Gasteiger partial charge in [-0.2, -0.15) is 0 Å². The summed E-state index contributed by atoms with van der Waals surface area (Å²) in [5.74, 6) is 0.411. The Morgan fingerprint density at radius 1 is 1.03 bits per heavy atom. The van der Waals surface area contributed by atoms with E-state index in [0.29, 0.717) is 18.8 Å². The summed E-state index contributed by atoms with van der Waals surface area (Å²) in [5, 5.41) is 0. The number of methoxy groups -OCH3 is 1. The van der Waals surface area contributed by atoms with E-state index in [2.05, 4.69) is 4.90 Å². The highest BCUT2D eigenvalue weighted by Gasteiger charge is 2.26. The molecular formula is C24H30N4O4. The first-order valence-corrected chi connectivity index (χ1v) is 10.9. The smallest absolute Gasteiger partial charge is 0.355 e. The van der Waals surface area contributed by atoms with Crippen molar-refractivity contribution in [3.8, 4) is 5.75 Å². The number of aryl methyl sites for hydroxylation is 1. The second kappa shape index (κ2) is 8.98. The maximum Gasteiger partial charge on any atom is 0.355 e. The predicted octanol–water partition coefficient (Wildman–Crippen LogP) is 2.90. The highest BCUT2D eigenvalue weighted by Crippen LogP contribution is 2.28. The van der Waals surface area contributed by atoms with Crippen LogP contribution in [0.2, 0.25) is 0 Å². The Labute approximate surface area is 187 Å². The maximum atomic E-state index is 13.2. The molecule has 0 spiro atoms. The topological polar surface area (TPSA) is 68.9 Å². The van der Waals surface area contributed by atoms with E-state index in [-0.39, 0.29) is 18.6 Å². The van der Waals surface area contributed by atoms with Crippen molar-refractivity contribution < 1.29 is 19.1 Å². The van der Waals surface area contributed by atoms with Crippen molar-refractivity contribution in [3.63, 3.8) is 0 Å². The third-order valence-electron chi connectivity index (χ3n) is 5.86. The number of piperazine rings is 1. The Hall–Kier alpha value is -3.42. The molecule has 8 heteroatoms. The van der Waals surface area contributed by atoms with E-state index in [1.165, 1.54) is 0 Å². The van der Waals surface area contributed by atoms with Gasteiger partial charge in [-0.15, -0.1) is 0 Å². The number of hydrogen-bond donors (Lipinski definition) is 0. The van der Waals surface area contributed by atoms with Crippen molar-refractivity contribution in [1.82, 2.24) is 14.0 Å². The molecule has 0 bridgehead atoms. The zero-order chi connectivity index (χ0) is 22.8. The molecule has 32 heavy (non-hydrogen) atoms. The van der Waals surface area contributed by atoms with Gasteiger partial charge in [-0.25, -0.2) is 4.79 Å². The minimum absolute atomic E-state index is 0.00960. The van der Waals surface area contributed by atoms with E-state index >= 15 is 0 Å². The molecule has 1 saturated heterocycles. The van der Waals surface area contributed by atoms with Crippen LogP contribution in [-0.2, 0) is 23.1 Å². The van der Waals surface area contributed by atoms with Crippen LogP contribution in [0.15, 0.2) is 42.6 Å². The molecule has 8 nitrogen and oxygen atoms in total. The van der Waals surface area contributed by atoms with Crippen molar-refractivity contribution in [2.24, 2.45) is 7.05 Å². The fourth-order valence-electron chi connectivity index (χ4n) is 4.21. The largest absolute Gasteiger partial charge is 0.495 e. The lowest BCUT2D eigenvalue weighted by Crippen LogP contribution is -2.49. The quantitative estimate of drug-likeness (QED) is 0.554. The van der Waals surface area contributed by atoms with Crippen molar-refractivity contribution in [1.29, 1.82) is 0 Å². The highest BCUT2D eigenvalue weighted by molar-refractivity contribution is 5.96. The molecule has 1 aliphatic heterocycles. The van der Waals surface area contributed by atoms with E-state index in [1.807, 2.05) is 66.9 Å². The fourth-order valence-corrected chi connectivity index (χ4v) is 4.21. The number of carbonyl (C=O) groups excluding carboxylic acids is 2. The highest BCUT2D eigenvalue weighted by atomic mass is 16.5. The van der Waals surface area contributed by atoms with Crippen LogP contribution in [0.1, 0.15) is 24.3 Å². The Kier molecular flexibility index (Phi) is 6.12. The molecule has 0 saturated carbocycles. The molecule has 0 radical (unpaired) electrons. The van der Waals surface area contributed by atoms with Gasteiger partial charge in [0.2, 0.25) is 5.91 Å². The molecule has 0 N–H and O–H groups in total. The van der Waals surface area contributed by atoms with Crippen molar-refractivity contribution in [3.05, 3.63) is 48.3 Å². The number of carbonyl (C=O) groups is 2. The first kappa shape index (κ1) is 21.8. The van der Waals surface area contributed by atoms with Gasteiger partial charge in [0.1, 0.15) is 18.0 Å². The molecule has 0 atom stereocenters. The summed E-state index contributed by atoms with van der Waals surface area (Å²) in [6.07, 6.45) is 1.70. The minimum atomic E-state index is -0.412. The van der Waals surface area contributed by atoms with Crippen LogP contribution in [0, 0.1) is 0 Å². The van der Waals surface area contributed by atoms with E-state index in [0.717, 1.165) is 35.6 Å². The number of fused-ring (bicyclic) bond motifs is 1. The van der Waals surface area contributed by atoms with Gasteiger partial charge in [-0.05, 0) is 38.1 Å². The average molecular weight is 439 g/mol. The zero-order valence-electron chi connectivity index (χ0n) is 19.1. The lowest BCUT2D eigenvalue weighted by atomic mass is 10.2. The summed E-state index contributed by atoms with van der Waals surface area (Å²) in [7, 11) is 3.59. The number of amides is 1. The number of para-hydroxylation sites is 2. The average Bonchev–Trinajstić information content (AvgIpc) is 3.33. The molecule has 170 valence electrons. The molecule has 0 unspecified atom stereocenters. The molecule has 3 heterocycles. The molecule has 3 aromatic rings. The fraction of sp³-hybridized carbons (Fsp3) is 0.417. The Bertz CT molecular complexity index is 1120. The molecule has 1 amide bonds. The van der Waals surface area contributed by atoms with Gasteiger partial charge >= 0.3 is 5.97 Å². The van der Waals surface area contributed by atoms with Crippen molar-refractivity contribution in [2.45, 2.75) is 26.5 Å². The van der Waals surface area contributed by atoms with Gasteiger partial charge in [-0.1, -0.05) is 12.1 Å². The molecule has 1 aliphatic rings. The second-order valence-electron chi connectivity index (χ2n) is 8.31. The lowest BCUT2D eigenvalue weighted by Gasteiger charge is -2.36. The number of ether oxygens (including phenoxy) is 2. The van der Waals surface area contributed by atoms with Gasteiger partial charge in [0, 0.05) is 39.4 Å². The van der Waals surface area contributed by atoms with Gasteiger partial charge in [-0.3, -0.25) is 4.79 Å². The minimum Gasteiger partial charge on any atom is -0.495 e. The van der Waals surface area contributed by atoms with Crippen LogP contribution in [0.25, 0.3) is 11.0 Å². The number of nitrogens with zero attached hydrogens (tertiary/aromatic N) is 4. The van der Waals surface area contributed by atoms with Crippen LogP contribution in [-0.4, -0.2) is 65.3 Å². The van der Waals surface area contributed by atoms with Crippen LogP contribution in [0.3, 0.4) is 0 Å². The number of aromatic nitrogens is 2. The van der Waals surface area contributed by atoms with E-state index in [1.54, 1.807) is 17.7 Å². The third kappa shape index (κ3) is 4.17. The molecule has 0 aliphatic carbocycles. The third-order valence-corrected chi connectivity index (χ3v) is 5.86. The summed E-state index contributed by atoms with van der Waals surface area (Å²) in [5.41, 5.74) is 3.19. The monoisotopic (exact) mass is 438 g/mol. The Morgan fingerprint density at radius 3 is 2.44 bits per heavy atom. The number of anilines is 1. The normalized spacial score (nSPS) is 14.3. The summed E-state index contributed by atoms with van der Waals surface area (Å²) in [6.45, 7) is 6.41. The zero-order valence-corrected chi connectivity index (χ0v) is 19.1. The summed E-state index contributed by atoms with van der Waals surface area (Å²) in [4.78, 5) is 30.0. The van der Waals surface area contributed by atoms with E-state index in [9.17, 15) is 9.59 Å². The SMILES string of the molecule is COc1ccccc1N1CCN(C(=O)Cn2c(C(=O)OC(C)C)cc3c2ccn3C)CC1. The Morgan fingerprint density at radius 2 is 1.75 bits per heavy atom. The molecule has 4 rings (SSSR count). The van der Waals surface area contributed by atoms with Crippen molar-refractivity contribution >= 4 is 28.6 Å². The van der Waals surface area contributed by atoms with Crippen LogP contribution < -0.4 is 9.64 Å². The molecule has 1 aromatic carbocycles. The van der Waals surface area contributed by atoms with Gasteiger partial charge in [0.15, 0.2) is 0 Å². The molecular weight excluding hydrogens is 408 g/mol. The summed E-state index contributed by atoms with van der Waals surface area (Å²) < 4.78 is 14.6. The van der Waals surface area contributed by atoms with Crippen molar-refractivity contribution in [2.75, 3.05) is 38.2 Å². The number of esters is 1. The standard InChI is InChI=1S/C24H30N4O4/c1-17(2)32-24(30)21-15-20-18(9-10-25(20)3)28(21)16-23(29)27-13-11-26(12-14-27)19-7-5-6-8-22(19)31-4/h5-10,15,17H,11-14,16H2,1-4H3. The predicted molar refractivity (Wildman–Crippen MR) is 123 cm³/mol. The van der Waals surface area contributed by atoms with Gasteiger partial charge in [0.05, 0.1) is 29.9 Å². The van der Waals surface area contributed by atoms with Gasteiger partial charge in [0.25, 0.3) is 0 Å². The second-order valence-corrected chi connectivity index (χ2v) is 8.31. The first-order valence-electron chi connectivity index (χ1n) is 10.9.